The van der Waals surface area contributed by atoms with E-state index in [0.717, 1.165) is 42.5 Å². The Morgan fingerprint density at radius 2 is 1.90 bits per heavy atom. The number of nitrogens with one attached hydrogen (secondary N) is 1. The van der Waals surface area contributed by atoms with Crippen LogP contribution in [0.25, 0.3) is 0 Å². The van der Waals surface area contributed by atoms with Crippen LogP contribution < -0.4 is 11.1 Å². The van der Waals surface area contributed by atoms with Crippen LogP contribution in [0, 0.1) is 13.8 Å². The Kier molecular flexibility index (Phi) is 4.83. The van der Waals surface area contributed by atoms with Gasteiger partial charge < -0.3 is 16.0 Å². The van der Waals surface area contributed by atoms with Gasteiger partial charge in [-0.2, -0.15) is 0 Å². The molecule has 1 aromatic rings. The standard InChI is InChI=1S/C16H23N3O2/c1-11-7-12(2)9-13(8-11)15(20)19-6-4-3-5-14(19)10-18-16(17)21/h7-9,14H,3-6,10H2,1-2H3,(H3,17,18,21). The normalized spacial score (nSPS) is 18.4. The molecule has 0 spiro atoms. The number of hydrogen-bond donors (Lipinski definition) is 2. The fourth-order valence-electron chi connectivity index (χ4n) is 2.96. The zero-order chi connectivity index (χ0) is 15.4. The number of amides is 3. The summed E-state index contributed by atoms with van der Waals surface area (Å²) in [6.45, 7) is 5.14. The predicted octanol–water partition coefficient (Wildman–Crippen LogP) is 1.97. The van der Waals surface area contributed by atoms with E-state index in [-0.39, 0.29) is 11.9 Å². The molecule has 1 atom stereocenters. The maximum atomic E-state index is 12.7. The number of urea groups is 1. The highest BCUT2D eigenvalue weighted by molar-refractivity contribution is 5.95. The molecular weight excluding hydrogens is 266 g/mol. The first kappa shape index (κ1) is 15.4. The van der Waals surface area contributed by atoms with E-state index in [1.807, 2.05) is 30.9 Å². The summed E-state index contributed by atoms with van der Waals surface area (Å²) >= 11 is 0. The quantitative estimate of drug-likeness (QED) is 0.892. The molecule has 5 nitrogen and oxygen atoms in total. The van der Waals surface area contributed by atoms with Gasteiger partial charge in [-0.25, -0.2) is 4.79 Å². The lowest BCUT2D eigenvalue weighted by Gasteiger charge is -2.36. The SMILES string of the molecule is Cc1cc(C)cc(C(=O)N2CCCCC2CNC(N)=O)c1. The van der Waals surface area contributed by atoms with E-state index in [4.69, 9.17) is 5.73 Å². The second-order valence-corrected chi connectivity index (χ2v) is 5.77. The summed E-state index contributed by atoms with van der Waals surface area (Å²) in [6.07, 6.45) is 2.97. The van der Waals surface area contributed by atoms with Crippen molar-refractivity contribution in [3.05, 3.63) is 34.9 Å². The van der Waals surface area contributed by atoms with Gasteiger partial charge in [0.1, 0.15) is 0 Å². The average molecular weight is 289 g/mol. The highest BCUT2D eigenvalue weighted by Crippen LogP contribution is 2.20. The number of primary amides is 1. The van der Waals surface area contributed by atoms with Gasteiger partial charge >= 0.3 is 6.03 Å². The fraction of sp³-hybridized carbons (Fsp3) is 0.500. The Labute approximate surface area is 125 Å². The summed E-state index contributed by atoms with van der Waals surface area (Å²) in [7, 11) is 0. The third kappa shape index (κ3) is 3.97. The predicted molar refractivity (Wildman–Crippen MR) is 82.2 cm³/mol. The summed E-state index contributed by atoms with van der Waals surface area (Å²) in [5.74, 6) is 0.0396. The van der Waals surface area contributed by atoms with Crippen LogP contribution in [0.2, 0.25) is 0 Å². The molecule has 1 aliphatic rings. The van der Waals surface area contributed by atoms with E-state index in [0.29, 0.717) is 6.54 Å². The van der Waals surface area contributed by atoms with Crippen molar-refractivity contribution in [2.24, 2.45) is 5.73 Å². The molecule has 1 fully saturated rings. The minimum Gasteiger partial charge on any atom is -0.352 e. The van der Waals surface area contributed by atoms with Crippen LogP contribution in [-0.4, -0.2) is 36.0 Å². The molecule has 0 saturated carbocycles. The first-order valence-corrected chi connectivity index (χ1v) is 7.40. The van der Waals surface area contributed by atoms with Crippen LogP contribution in [0.5, 0.6) is 0 Å². The molecule has 0 aliphatic carbocycles. The van der Waals surface area contributed by atoms with E-state index in [2.05, 4.69) is 11.4 Å². The molecule has 1 aromatic carbocycles. The van der Waals surface area contributed by atoms with Crippen molar-refractivity contribution in [2.75, 3.05) is 13.1 Å². The molecule has 1 saturated heterocycles. The first-order valence-electron chi connectivity index (χ1n) is 7.40. The second kappa shape index (κ2) is 6.61. The Balaban J connectivity index is 2.15. The molecular formula is C16H23N3O2. The van der Waals surface area contributed by atoms with Crippen molar-refractivity contribution in [2.45, 2.75) is 39.2 Å². The number of aryl methyl sites for hydroxylation is 2. The monoisotopic (exact) mass is 289 g/mol. The molecule has 2 rings (SSSR count). The fourth-order valence-corrected chi connectivity index (χ4v) is 2.96. The number of hydrogen-bond acceptors (Lipinski definition) is 2. The van der Waals surface area contributed by atoms with E-state index < -0.39 is 6.03 Å². The van der Waals surface area contributed by atoms with E-state index in [9.17, 15) is 9.59 Å². The maximum absolute atomic E-state index is 12.7. The number of piperidine rings is 1. The van der Waals surface area contributed by atoms with Gasteiger partial charge in [0.25, 0.3) is 5.91 Å². The number of nitrogens with two attached hydrogens (primary N) is 1. The molecule has 1 aliphatic heterocycles. The Hall–Kier alpha value is -2.04. The molecule has 3 N–H and O–H groups in total. The van der Waals surface area contributed by atoms with Gasteiger partial charge in [0.2, 0.25) is 0 Å². The number of likely N-dealkylation sites (tertiary alicyclic amines) is 1. The zero-order valence-corrected chi connectivity index (χ0v) is 12.7. The van der Waals surface area contributed by atoms with Gasteiger partial charge in [0, 0.05) is 24.7 Å². The number of carbonyl (C=O) groups excluding carboxylic acids is 2. The number of rotatable bonds is 3. The molecule has 5 heteroatoms. The molecule has 0 radical (unpaired) electrons. The largest absolute Gasteiger partial charge is 0.352 e. The number of carbonyl (C=O) groups is 2. The van der Waals surface area contributed by atoms with E-state index in [1.54, 1.807) is 0 Å². The Morgan fingerprint density at radius 3 is 2.52 bits per heavy atom. The summed E-state index contributed by atoms with van der Waals surface area (Å²) in [6, 6.07) is 5.38. The van der Waals surface area contributed by atoms with Crippen molar-refractivity contribution < 1.29 is 9.59 Å². The van der Waals surface area contributed by atoms with Crippen LogP contribution in [0.4, 0.5) is 4.79 Å². The van der Waals surface area contributed by atoms with E-state index in [1.165, 1.54) is 0 Å². The van der Waals surface area contributed by atoms with Crippen LogP contribution in [0.3, 0.4) is 0 Å². The molecule has 114 valence electrons. The van der Waals surface area contributed by atoms with Gasteiger partial charge in [-0.3, -0.25) is 4.79 Å². The van der Waals surface area contributed by atoms with Crippen LogP contribution in [0.15, 0.2) is 18.2 Å². The van der Waals surface area contributed by atoms with Crippen molar-refractivity contribution >= 4 is 11.9 Å². The molecule has 3 amide bonds. The van der Waals surface area contributed by atoms with Crippen LogP contribution >= 0.6 is 0 Å². The van der Waals surface area contributed by atoms with E-state index >= 15 is 0 Å². The lowest BCUT2D eigenvalue weighted by atomic mass is 9.99. The van der Waals surface area contributed by atoms with Crippen molar-refractivity contribution in [1.29, 1.82) is 0 Å². The average Bonchev–Trinajstić information content (AvgIpc) is 2.43. The summed E-state index contributed by atoms with van der Waals surface area (Å²) < 4.78 is 0. The van der Waals surface area contributed by atoms with Gasteiger partial charge in [-0.1, -0.05) is 17.2 Å². The van der Waals surface area contributed by atoms with Crippen molar-refractivity contribution in [1.82, 2.24) is 10.2 Å². The highest BCUT2D eigenvalue weighted by atomic mass is 16.2. The Bertz CT molecular complexity index is 522. The lowest BCUT2D eigenvalue weighted by molar-refractivity contribution is 0.0615. The maximum Gasteiger partial charge on any atom is 0.312 e. The van der Waals surface area contributed by atoms with Gasteiger partial charge in [0.05, 0.1) is 0 Å². The van der Waals surface area contributed by atoms with Crippen molar-refractivity contribution in [3.8, 4) is 0 Å². The summed E-state index contributed by atoms with van der Waals surface area (Å²) in [5.41, 5.74) is 8.02. The van der Waals surface area contributed by atoms with Gasteiger partial charge in [-0.15, -0.1) is 0 Å². The number of benzene rings is 1. The molecule has 1 heterocycles. The van der Waals surface area contributed by atoms with Gasteiger partial charge in [-0.05, 0) is 45.2 Å². The van der Waals surface area contributed by atoms with Crippen LogP contribution in [0.1, 0.15) is 40.7 Å². The van der Waals surface area contributed by atoms with Crippen molar-refractivity contribution in [3.63, 3.8) is 0 Å². The number of nitrogens with zero attached hydrogens (tertiary/aromatic N) is 1. The summed E-state index contributed by atoms with van der Waals surface area (Å²) in [4.78, 5) is 25.5. The minimum atomic E-state index is -0.542. The Morgan fingerprint density at radius 1 is 1.24 bits per heavy atom. The third-order valence-electron chi connectivity index (χ3n) is 3.87. The van der Waals surface area contributed by atoms with Gasteiger partial charge in [0.15, 0.2) is 0 Å². The first-order chi connectivity index (χ1) is 9.97. The lowest BCUT2D eigenvalue weighted by Crippen LogP contribution is -2.50. The zero-order valence-electron chi connectivity index (χ0n) is 12.7. The second-order valence-electron chi connectivity index (χ2n) is 5.77. The molecule has 0 aromatic heterocycles. The highest BCUT2D eigenvalue weighted by Gasteiger charge is 2.27. The van der Waals surface area contributed by atoms with Crippen LogP contribution in [-0.2, 0) is 0 Å². The molecule has 21 heavy (non-hydrogen) atoms. The third-order valence-corrected chi connectivity index (χ3v) is 3.87. The molecule has 0 bridgehead atoms. The summed E-state index contributed by atoms with van der Waals surface area (Å²) in [5, 5.41) is 2.62. The topological polar surface area (TPSA) is 75.4 Å². The molecule has 1 unspecified atom stereocenters. The smallest absolute Gasteiger partial charge is 0.312 e. The minimum absolute atomic E-state index is 0.0274.